The summed E-state index contributed by atoms with van der Waals surface area (Å²) >= 11 is 0. The first-order chi connectivity index (χ1) is 65.3. The van der Waals surface area contributed by atoms with Crippen LogP contribution < -0.4 is 81.4 Å². The summed E-state index contributed by atoms with van der Waals surface area (Å²) in [7, 11) is 0. The van der Waals surface area contributed by atoms with Crippen LogP contribution in [0.1, 0.15) is 200 Å². The molecule has 12 atom stereocenters. The minimum atomic E-state index is -1.16. The fourth-order valence-electron chi connectivity index (χ4n) is 19.4. The second-order valence-electron chi connectivity index (χ2n) is 36.6. The van der Waals surface area contributed by atoms with Crippen LogP contribution in [0.15, 0.2) is 162 Å². The van der Waals surface area contributed by atoms with Crippen LogP contribution >= 0.6 is 0 Å². The number of carbonyl (C=O) groups is 14. The van der Waals surface area contributed by atoms with E-state index < -0.39 is 149 Å². The van der Waals surface area contributed by atoms with E-state index in [2.05, 4.69) is 78.4 Å². The van der Waals surface area contributed by atoms with Crippen molar-refractivity contribution in [3.05, 3.63) is 180 Å². The van der Waals surface area contributed by atoms with Crippen molar-refractivity contribution in [2.75, 3.05) is 39.3 Å². The number of aromatic amines is 2. The van der Waals surface area contributed by atoms with Crippen molar-refractivity contribution in [1.82, 2.24) is 78.3 Å². The number of rotatable bonds is 28. The number of amides is 13. The van der Waals surface area contributed by atoms with E-state index in [1.54, 1.807) is 42.7 Å². The van der Waals surface area contributed by atoms with E-state index in [0.29, 0.717) is 56.9 Å². The highest BCUT2D eigenvalue weighted by Crippen LogP contribution is 2.32. The number of fused-ring (bicyclic) bond motifs is 4. The molecule has 35 nitrogen and oxygen atoms in total. The van der Waals surface area contributed by atoms with E-state index in [-0.39, 0.29) is 139 Å². The molecule has 6 aliphatic rings. The van der Waals surface area contributed by atoms with Crippen molar-refractivity contribution >= 4 is 116 Å². The van der Waals surface area contributed by atoms with Crippen LogP contribution in [0.5, 0.6) is 0 Å². The molecule has 7 aromatic rings. The molecule has 6 fully saturated rings. The predicted octanol–water partition coefficient (Wildman–Crippen LogP) is 5.03. The Morgan fingerprint density at radius 1 is 0.415 bits per heavy atom. The van der Waals surface area contributed by atoms with E-state index in [0.717, 1.165) is 108 Å². The van der Waals surface area contributed by atoms with Gasteiger partial charge in [0.15, 0.2) is 11.9 Å². The molecule has 35 heteroatoms. The number of ketones is 1. The van der Waals surface area contributed by atoms with Gasteiger partial charge in [0.05, 0.1) is 0 Å². The van der Waals surface area contributed by atoms with Crippen LogP contribution in [0.25, 0.3) is 21.8 Å². The van der Waals surface area contributed by atoms with Crippen molar-refractivity contribution in [3.63, 3.8) is 0 Å². The molecule has 4 aliphatic heterocycles. The first-order valence-electron chi connectivity index (χ1n) is 48.0. The van der Waals surface area contributed by atoms with Crippen LogP contribution in [0.2, 0.25) is 0 Å². The monoisotopic (exact) mass is 1850 g/mol. The Bertz CT molecular complexity index is 5280. The third-order valence-corrected chi connectivity index (χ3v) is 26.5. The molecule has 13 rings (SSSR count). The van der Waals surface area contributed by atoms with Gasteiger partial charge in [-0.25, -0.2) is 0 Å². The van der Waals surface area contributed by atoms with Gasteiger partial charge < -0.3 is 106 Å². The predicted molar refractivity (Wildman–Crippen MR) is 512 cm³/mol. The number of hydrogen-bond acceptors (Lipinski definition) is 16. The topological polar surface area (TPSA) is 538 Å². The number of nitrogens with two attached hydrogens (primary N) is 4. The third-order valence-electron chi connectivity index (χ3n) is 26.5. The number of Topliss-reactive ketones (excluding diaryl/α,β-unsaturated/α-hetero) is 1. The maximum absolute atomic E-state index is 14.8. The van der Waals surface area contributed by atoms with Crippen LogP contribution in [-0.2, 0) is 88.0 Å². The highest BCUT2D eigenvalue weighted by atomic mass is 16.2. The molecule has 2 saturated carbocycles. The van der Waals surface area contributed by atoms with Gasteiger partial charge in [-0.1, -0.05) is 179 Å². The van der Waals surface area contributed by atoms with Gasteiger partial charge in [0.2, 0.25) is 70.9 Å². The van der Waals surface area contributed by atoms with Crippen LogP contribution in [0.4, 0.5) is 0 Å². The summed E-state index contributed by atoms with van der Waals surface area (Å²) in [6, 6.07) is 30.6. The number of guanidine groups is 2. The Balaban J connectivity index is 0.000000244. The molecule has 2 aromatic heterocycles. The van der Waals surface area contributed by atoms with Crippen LogP contribution in [-0.4, -0.2) is 220 Å². The largest absolute Gasteiger partial charge is 0.370 e. The summed E-state index contributed by atoms with van der Waals surface area (Å²) in [5.74, 6) is -7.62. The van der Waals surface area contributed by atoms with E-state index in [1.807, 2.05) is 109 Å². The highest BCUT2D eigenvalue weighted by molar-refractivity contribution is 6.02. The zero-order valence-electron chi connectivity index (χ0n) is 77.1. The number of H-pyrrole nitrogens is 2. The Morgan fingerprint density at radius 3 is 1.24 bits per heavy atom. The Hall–Kier alpha value is -13.5. The minimum absolute atomic E-state index is 0.0319. The lowest BCUT2D eigenvalue weighted by Crippen LogP contribution is -2.60. The summed E-state index contributed by atoms with van der Waals surface area (Å²) < 4.78 is 0. The van der Waals surface area contributed by atoms with E-state index in [4.69, 9.17) is 22.9 Å². The maximum atomic E-state index is 14.8. The number of para-hydroxylation sites is 2. The zero-order chi connectivity index (χ0) is 95.7. The lowest BCUT2D eigenvalue weighted by atomic mass is 9.84. The van der Waals surface area contributed by atoms with Gasteiger partial charge in [0.25, 0.3) is 5.91 Å². The van der Waals surface area contributed by atoms with E-state index >= 15 is 0 Å². The summed E-state index contributed by atoms with van der Waals surface area (Å²) in [5, 5.41) is 34.0. The average Bonchev–Trinajstić information content (AvgIpc) is 1.66. The molecule has 4 saturated heterocycles. The average molecular weight is 1850 g/mol. The molecule has 722 valence electrons. The number of aliphatic imine (C=N–C) groups is 2. The number of hydrogen-bond donors (Lipinski definition) is 17. The fourth-order valence-corrected chi connectivity index (χ4v) is 19.4. The number of carbonyl (C=O) groups excluding carboxylic acids is 14. The first-order valence-corrected chi connectivity index (χ1v) is 48.0. The summed E-state index contributed by atoms with van der Waals surface area (Å²) in [6.07, 6.45) is 17.8. The molecule has 0 bridgehead atoms. The van der Waals surface area contributed by atoms with Gasteiger partial charge in [0.1, 0.15) is 72.2 Å². The Morgan fingerprint density at radius 2 is 0.807 bits per heavy atom. The van der Waals surface area contributed by atoms with E-state index in [1.165, 1.54) is 16.7 Å². The van der Waals surface area contributed by atoms with Crippen molar-refractivity contribution < 1.29 is 67.1 Å². The van der Waals surface area contributed by atoms with Crippen molar-refractivity contribution in [3.8, 4) is 0 Å². The first kappa shape index (κ1) is 100. The van der Waals surface area contributed by atoms with Crippen molar-refractivity contribution in [1.29, 1.82) is 0 Å². The Kier molecular flexibility index (Phi) is 37.6. The standard InChI is InChI=1S/C52H67N11O7.C48H66N10O7/c53-52(54)56-27-12-23-39-46(65)55-26-13-24-40(59-47(66)41(29-33-15-4-1-5-16-33)60-45(64)35-19-8-3-9-20-35)51(70)63-28-14-25-44(63)50(69)62-42(30-34-17-6-2-7-18-34)48(67)61-43(49(68)58-39)31-36-32-57-38-22-11-10-21-37(36)38;1-30(59)25-33(26-31-13-4-2-5-14-31)42(60)55-38-20-11-22-51-43(61)37(19-10-23-52-48(49)50)54-45(63)40(28-34-29-53-36-18-9-8-17-35(34)36)56-44(62)39(27-32-15-6-3-7-16-32)57-46(64)41-21-12-24-58(41)47(38)65/h1,3-5,8-11,15-16,19-22,32,34,39-44,57H,2,6-7,12-14,17-18,23-31H2,(H,55,65)(H,58,68)(H,59,66)(H,60,64)(H,61,67)(H,62,69)(H4,53,54,56);2,4-5,8-9,13-14,17-18,29,32-33,37-41,53H,3,6-7,10-12,15-16,19-28H2,1H3,(H,51,61)(H,54,63)(H,55,60)(H,56,62)(H,57,64)(H4,49,50,52)/t39-,40-,41-,42+,43-,44-;33-,37-,38-,39+,40-,41-/m00/s1. The molecular formula is C100H133N21O14. The molecular weight excluding hydrogens is 1720 g/mol. The molecule has 0 unspecified atom stereocenters. The zero-order valence-corrected chi connectivity index (χ0v) is 77.1. The number of nitrogens with one attached hydrogen (secondary N) is 13. The second kappa shape index (κ2) is 50.6. The van der Waals surface area contributed by atoms with Gasteiger partial charge in [-0.15, -0.1) is 0 Å². The maximum Gasteiger partial charge on any atom is 0.251 e. The molecule has 5 aromatic carbocycles. The number of nitrogens with zero attached hydrogens (tertiary/aromatic N) is 4. The molecule has 6 heterocycles. The summed E-state index contributed by atoms with van der Waals surface area (Å²) in [4.78, 5) is 217. The summed E-state index contributed by atoms with van der Waals surface area (Å²) in [6.45, 7) is 2.45. The highest BCUT2D eigenvalue weighted by Gasteiger charge is 2.44. The molecule has 0 spiro atoms. The molecule has 13 amide bonds. The van der Waals surface area contributed by atoms with Gasteiger partial charge >= 0.3 is 0 Å². The number of aromatic nitrogens is 2. The minimum Gasteiger partial charge on any atom is -0.370 e. The lowest BCUT2D eigenvalue weighted by molar-refractivity contribution is -0.143. The molecule has 135 heavy (non-hydrogen) atoms. The lowest BCUT2D eigenvalue weighted by Gasteiger charge is -2.32. The van der Waals surface area contributed by atoms with E-state index in [9.17, 15) is 67.1 Å². The quantitative estimate of drug-likeness (QED) is 0.0174. The second-order valence-corrected chi connectivity index (χ2v) is 36.6. The van der Waals surface area contributed by atoms with Gasteiger partial charge in [-0.2, -0.15) is 0 Å². The van der Waals surface area contributed by atoms with Gasteiger partial charge in [-0.3, -0.25) is 72.3 Å². The van der Waals surface area contributed by atoms with Gasteiger partial charge in [0, 0.05) is 111 Å². The number of benzene rings is 5. The summed E-state index contributed by atoms with van der Waals surface area (Å²) in [5.41, 5.74) is 27.5. The molecule has 21 N–H and O–H groups in total. The van der Waals surface area contributed by atoms with Crippen LogP contribution in [0.3, 0.4) is 0 Å². The smallest absolute Gasteiger partial charge is 0.251 e. The van der Waals surface area contributed by atoms with Crippen LogP contribution in [0, 0.1) is 17.8 Å². The van der Waals surface area contributed by atoms with Crippen molar-refractivity contribution in [2.24, 2.45) is 50.7 Å². The SMILES string of the molecule is CC(=O)C[C@@H](Cc1ccccc1)C(=O)N[C@H]1CCCNC(=O)[C@H](CCCN=C(N)N)NC(=O)[C@H](Cc2c[nH]c3ccccc23)NC(=O)[C@@H](CC2CCCCC2)NC(=O)[C@@H]2CCCN2C1=O.NC(N)=NCCC[C@@H]1NC(=O)[C@H](Cc2c[nH]c3ccccc23)NC(=O)[C@@H](CC2CCCCC2)NC(=O)[C@@H]2CCCN2C(=O)[C@@H](NC(=O)[C@H](Cc2ccccc2)NC(=O)c2ccccc2)CCCNC1=O. The van der Waals surface area contributed by atoms with Gasteiger partial charge in [-0.05, 0) is 162 Å². The normalized spacial score (nSPS) is 23.0. The third kappa shape index (κ3) is 29.7. The molecule has 0 radical (unpaired) electrons. The van der Waals surface area contributed by atoms with Crippen molar-refractivity contribution in [2.45, 2.75) is 260 Å². The Labute approximate surface area is 786 Å². The fraction of sp³-hybridized carbons (Fsp3) is 0.500. The molecule has 2 aliphatic carbocycles.